The Bertz CT molecular complexity index is 406. The summed E-state index contributed by atoms with van der Waals surface area (Å²) >= 11 is 0. The molecule has 0 bridgehead atoms. The van der Waals surface area contributed by atoms with E-state index >= 15 is 0 Å². The van der Waals surface area contributed by atoms with Crippen molar-refractivity contribution in [2.75, 3.05) is 23.7 Å². The quantitative estimate of drug-likeness (QED) is 0.622. The van der Waals surface area contributed by atoms with E-state index in [0.717, 1.165) is 38.0 Å². The van der Waals surface area contributed by atoms with Crippen LogP contribution in [0.15, 0.2) is 18.2 Å². The van der Waals surface area contributed by atoms with Crippen LogP contribution in [0.25, 0.3) is 0 Å². The molecule has 2 N–H and O–H groups in total. The molecule has 0 aromatic heterocycles. The first kappa shape index (κ1) is 10.8. The molecule has 1 aromatic rings. The molecule has 0 saturated heterocycles. The molecule has 0 aliphatic carbocycles. The maximum atomic E-state index is 8.55. The highest BCUT2D eigenvalue weighted by atomic mass is 15.1. The minimum atomic E-state index is 0.633. The van der Waals surface area contributed by atoms with Crippen molar-refractivity contribution in [3.05, 3.63) is 23.8 Å². The lowest BCUT2D eigenvalue weighted by Gasteiger charge is -2.31. The molecule has 1 aliphatic heterocycles. The number of nitrogens with two attached hydrogens (primary N) is 1. The molecule has 1 aliphatic rings. The predicted octanol–water partition coefficient (Wildman–Crippen LogP) is 2.33. The number of benzene rings is 1. The average Bonchev–Trinajstić information content (AvgIpc) is 2.31. The van der Waals surface area contributed by atoms with Crippen molar-refractivity contribution in [3.63, 3.8) is 0 Å². The van der Waals surface area contributed by atoms with Gasteiger partial charge in [-0.2, -0.15) is 5.26 Å². The first-order valence-electron chi connectivity index (χ1n) is 5.82. The summed E-state index contributed by atoms with van der Waals surface area (Å²) in [6.07, 6.45) is 3.81. The number of nitrogen functional groups attached to an aromatic ring is 1. The summed E-state index contributed by atoms with van der Waals surface area (Å²) in [6, 6.07) is 8.31. The van der Waals surface area contributed by atoms with Crippen molar-refractivity contribution in [2.45, 2.75) is 25.7 Å². The number of unbranched alkanes of at least 4 members (excludes halogenated alkanes) is 1. The predicted molar refractivity (Wildman–Crippen MR) is 66.2 cm³/mol. The minimum Gasteiger partial charge on any atom is -0.398 e. The largest absolute Gasteiger partial charge is 0.398 e. The summed E-state index contributed by atoms with van der Waals surface area (Å²) in [4.78, 5) is 2.35. The fraction of sp³-hybridized carbons (Fsp3) is 0.462. The first-order chi connectivity index (χ1) is 7.83. The second kappa shape index (κ2) is 4.89. The molecule has 0 spiro atoms. The highest BCUT2D eigenvalue weighted by molar-refractivity contribution is 5.66. The molecule has 16 heavy (non-hydrogen) atoms. The van der Waals surface area contributed by atoms with Gasteiger partial charge in [0.1, 0.15) is 0 Å². The molecular formula is C13H17N3. The Balaban J connectivity index is 2.14. The maximum absolute atomic E-state index is 8.55. The maximum Gasteiger partial charge on any atom is 0.0622 e. The lowest BCUT2D eigenvalue weighted by Crippen LogP contribution is -2.30. The van der Waals surface area contributed by atoms with Crippen LogP contribution in [0.3, 0.4) is 0 Å². The molecule has 1 aromatic carbocycles. The summed E-state index contributed by atoms with van der Waals surface area (Å²) < 4.78 is 0. The van der Waals surface area contributed by atoms with Crippen LogP contribution in [-0.2, 0) is 6.42 Å². The van der Waals surface area contributed by atoms with Crippen LogP contribution in [0.1, 0.15) is 24.8 Å². The van der Waals surface area contributed by atoms with Crippen molar-refractivity contribution in [2.24, 2.45) is 0 Å². The topological polar surface area (TPSA) is 53.0 Å². The molecule has 0 unspecified atom stereocenters. The molecule has 3 nitrogen and oxygen atoms in total. The van der Waals surface area contributed by atoms with Gasteiger partial charge in [0.05, 0.1) is 6.07 Å². The van der Waals surface area contributed by atoms with E-state index < -0.39 is 0 Å². The zero-order valence-corrected chi connectivity index (χ0v) is 9.45. The van der Waals surface area contributed by atoms with Gasteiger partial charge in [-0.3, -0.25) is 0 Å². The zero-order chi connectivity index (χ0) is 11.4. The molecule has 0 fully saturated rings. The van der Waals surface area contributed by atoms with Crippen LogP contribution < -0.4 is 10.6 Å². The third kappa shape index (κ3) is 2.11. The summed E-state index contributed by atoms with van der Waals surface area (Å²) in [6.45, 7) is 2.05. The summed E-state index contributed by atoms with van der Waals surface area (Å²) in [7, 11) is 0. The van der Waals surface area contributed by atoms with Crippen molar-refractivity contribution >= 4 is 11.4 Å². The van der Waals surface area contributed by atoms with Gasteiger partial charge in [0.2, 0.25) is 0 Å². The van der Waals surface area contributed by atoms with Gasteiger partial charge in [-0.05, 0) is 37.0 Å². The summed E-state index contributed by atoms with van der Waals surface area (Å²) in [5.41, 5.74) is 9.44. The van der Waals surface area contributed by atoms with Gasteiger partial charge in [0.15, 0.2) is 0 Å². The van der Waals surface area contributed by atoms with Gasteiger partial charge >= 0.3 is 0 Å². The average molecular weight is 215 g/mol. The van der Waals surface area contributed by atoms with E-state index in [-0.39, 0.29) is 0 Å². The Labute approximate surface area is 96.5 Å². The summed E-state index contributed by atoms with van der Waals surface area (Å²) in [5.74, 6) is 0. The third-order valence-electron chi connectivity index (χ3n) is 3.10. The highest BCUT2D eigenvalue weighted by Crippen LogP contribution is 2.31. The zero-order valence-electron chi connectivity index (χ0n) is 9.45. The van der Waals surface area contributed by atoms with Gasteiger partial charge in [0, 0.05) is 30.9 Å². The number of anilines is 2. The second-order valence-electron chi connectivity index (χ2n) is 4.20. The van der Waals surface area contributed by atoms with Gasteiger partial charge in [-0.15, -0.1) is 0 Å². The Morgan fingerprint density at radius 2 is 2.31 bits per heavy atom. The second-order valence-corrected chi connectivity index (χ2v) is 4.20. The molecular weight excluding hydrogens is 198 g/mol. The van der Waals surface area contributed by atoms with Crippen molar-refractivity contribution in [3.8, 4) is 6.07 Å². The van der Waals surface area contributed by atoms with Crippen molar-refractivity contribution in [1.29, 1.82) is 5.26 Å². The Kier molecular flexibility index (Phi) is 3.31. The van der Waals surface area contributed by atoms with E-state index in [1.807, 2.05) is 12.1 Å². The Morgan fingerprint density at radius 1 is 1.44 bits per heavy atom. The number of hydrogen-bond acceptors (Lipinski definition) is 3. The van der Waals surface area contributed by atoms with E-state index in [0.29, 0.717) is 6.42 Å². The number of nitriles is 1. The Hall–Kier alpha value is -1.69. The van der Waals surface area contributed by atoms with E-state index in [4.69, 9.17) is 11.0 Å². The minimum absolute atomic E-state index is 0.633. The lowest BCUT2D eigenvalue weighted by atomic mass is 9.99. The van der Waals surface area contributed by atoms with E-state index in [1.165, 1.54) is 11.3 Å². The van der Waals surface area contributed by atoms with Crippen LogP contribution >= 0.6 is 0 Å². The molecule has 0 amide bonds. The standard InChI is InChI=1S/C13H17N3/c14-8-1-2-9-16-10-4-5-11-12(15)6-3-7-13(11)16/h3,6-7H,1-2,4-5,9-10,15H2. The normalized spacial score (nSPS) is 14.3. The van der Waals surface area contributed by atoms with Gasteiger partial charge < -0.3 is 10.6 Å². The van der Waals surface area contributed by atoms with Crippen LogP contribution in [-0.4, -0.2) is 13.1 Å². The van der Waals surface area contributed by atoms with E-state index in [9.17, 15) is 0 Å². The third-order valence-corrected chi connectivity index (χ3v) is 3.10. The van der Waals surface area contributed by atoms with E-state index in [1.54, 1.807) is 0 Å². The highest BCUT2D eigenvalue weighted by Gasteiger charge is 2.17. The van der Waals surface area contributed by atoms with Crippen LogP contribution in [0, 0.1) is 11.3 Å². The molecule has 1 heterocycles. The van der Waals surface area contributed by atoms with E-state index in [2.05, 4.69) is 17.0 Å². The van der Waals surface area contributed by atoms with Crippen LogP contribution in [0.5, 0.6) is 0 Å². The SMILES string of the molecule is N#CCCCN1CCCc2c(N)cccc21. The van der Waals surface area contributed by atoms with Crippen LogP contribution in [0.2, 0.25) is 0 Å². The van der Waals surface area contributed by atoms with Gasteiger partial charge in [0.25, 0.3) is 0 Å². The fourth-order valence-electron chi connectivity index (χ4n) is 2.31. The molecule has 84 valence electrons. The smallest absolute Gasteiger partial charge is 0.0622 e. The molecule has 0 radical (unpaired) electrons. The number of hydrogen-bond donors (Lipinski definition) is 1. The Morgan fingerprint density at radius 3 is 3.12 bits per heavy atom. The fourth-order valence-corrected chi connectivity index (χ4v) is 2.31. The molecule has 0 atom stereocenters. The van der Waals surface area contributed by atoms with Crippen molar-refractivity contribution in [1.82, 2.24) is 0 Å². The first-order valence-corrected chi connectivity index (χ1v) is 5.82. The monoisotopic (exact) mass is 215 g/mol. The molecule has 3 heteroatoms. The van der Waals surface area contributed by atoms with Crippen LogP contribution in [0.4, 0.5) is 11.4 Å². The number of rotatable bonds is 3. The van der Waals surface area contributed by atoms with Crippen molar-refractivity contribution < 1.29 is 0 Å². The lowest BCUT2D eigenvalue weighted by molar-refractivity contribution is 0.671. The number of fused-ring (bicyclic) bond motifs is 1. The molecule has 0 saturated carbocycles. The number of nitrogens with zero attached hydrogens (tertiary/aromatic N) is 2. The van der Waals surface area contributed by atoms with Gasteiger partial charge in [-0.25, -0.2) is 0 Å². The molecule has 2 rings (SSSR count). The summed E-state index contributed by atoms with van der Waals surface area (Å²) in [5, 5.41) is 8.55. The van der Waals surface area contributed by atoms with Gasteiger partial charge in [-0.1, -0.05) is 6.07 Å².